The van der Waals surface area contributed by atoms with E-state index in [1.807, 2.05) is 4.72 Å². The van der Waals surface area contributed by atoms with E-state index in [0.29, 0.717) is 29.6 Å². The van der Waals surface area contributed by atoms with Crippen LogP contribution in [0.4, 0.5) is 20.8 Å². The molecule has 0 radical (unpaired) electrons. The molecule has 0 spiro atoms. The fraction of sp³-hybridized carbons (Fsp3) is 0.250. The topological polar surface area (TPSA) is 183 Å². The third-order valence-corrected chi connectivity index (χ3v) is 9.45. The van der Waals surface area contributed by atoms with Gasteiger partial charge >= 0.3 is 6.03 Å². The van der Waals surface area contributed by atoms with Crippen molar-refractivity contribution in [2.45, 2.75) is 43.7 Å². The number of benzene rings is 1. The monoisotopic (exact) mass is 759 g/mol. The van der Waals surface area contributed by atoms with E-state index in [1.165, 1.54) is 36.9 Å². The van der Waals surface area contributed by atoms with Crippen LogP contribution in [0.15, 0.2) is 58.8 Å². The Morgan fingerprint density at radius 2 is 1.65 bits per heavy atom. The number of rotatable bonds is 8. The molecule has 51 heavy (non-hydrogen) atoms. The molecule has 3 aromatic heterocycles. The van der Waals surface area contributed by atoms with Gasteiger partial charge in [0.05, 0.1) is 31.0 Å². The van der Waals surface area contributed by atoms with E-state index < -0.39 is 39.8 Å². The van der Waals surface area contributed by atoms with Crippen LogP contribution in [-0.4, -0.2) is 65.9 Å². The number of halogens is 3. The maximum atomic E-state index is 14.4. The molecule has 4 heterocycles. The van der Waals surface area contributed by atoms with Gasteiger partial charge in [0.2, 0.25) is 17.7 Å². The van der Waals surface area contributed by atoms with Gasteiger partial charge in [0.1, 0.15) is 17.2 Å². The molecular weight excluding hydrogens is 732 g/mol. The molecule has 0 saturated heterocycles. The van der Waals surface area contributed by atoms with Gasteiger partial charge in [-0.3, -0.25) is 19.3 Å². The number of imide groups is 1. The van der Waals surface area contributed by atoms with Crippen LogP contribution < -0.4 is 29.1 Å². The number of sulfonamides is 1. The Balaban J connectivity index is 0.000000199. The number of carbonyl (C=O) groups excluding carboxylic acids is 3. The molecule has 2 N–H and O–H groups in total. The number of aromatic nitrogens is 4. The number of terminal acetylenes is 1. The van der Waals surface area contributed by atoms with E-state index in [1.54, 1.807) is 25.1 Å². The van der Waals surface area contributed by atoms with Gasteiger partial charge in [-0.25, -0.2) is 23.8 Å². The smallest absolute Gasteiger partial charge is 0.335 e. The number of nitrogens with zero attached hydrogens (tertiary/aromatic N) is 5. The minimum Gasteiger partial charge on any atom is -0.481 e. The van der Waals surface area contributed by atoms with Crippen LogP contribution in [-0.2, 0) is 19.6 Å². The predicted molar refractivity (Wildman–Crippen MR) is 183 cm³/mol. The first-order valence-electron chi connectivity index (χ1n) is 14.9. The molecule has 1 atom stereocenters. The average molecular weight is 761 g/mol. The molecule has 1 aliphatic heterocycles. The normalized spacial score (nSPS) is 14.6. The Morgan fingerprint density at radius 3 is 2.24 bits per heavy atom. The minimum atomic E-state index is -4.34. The Morgan fingerprint density at radius 1 is 1.02 bits per heavy atom. The fourth-order valence-electron chi connectivity index (χ4n) is 5.11. The summed E-state index contributed by atoms with van der Waals surface area (Å²) in [5.41, 5.74) is 1.12. The van der Waals surface area contributed by atoms with Crippen molar-refractivity contribution in [1.29, 1.82) is 0 Å². The van der Waals surface area contributed by atoms with E-state index in [9.17, 15) is 27.2 Å². The number of hydrogen-bond donors (Lipinski definition) is 2. The van der Waals surface area contributed by atoms with Crippen molar-refractivity contribution in [2.75, 3.05) is 24.4 Å². The lowest BCUT2D eigenvalue weighted by atomic mass is 9.93. The van der Waals surface area contributed by atoms with Crippen LogP contribution in [0, 0.1) is 18.2 Å². The maximum Gasteiger partial charge on any atom is 0.335 e. The van der Waals surface area contributed by atoms with Crippen molar-refractivity contribution >= 4 is 68.4 Å². The number of urea groups is 1. The Hall–Kier alpha value is -5.44. The highest BCUT2D eigenvalue weighted by Gasteiger charge is 2.41. The summed E-state index contributed by atoms with van der Waals surface area (Å²) in [6.07, 6.45) is 8.92. The molecular formula is C32H28Cl2FN7O8S. The van der Waals surface area contributed by atoms with Gasteiger partial charge in [-0.15, -0.1) is 6.42 Å². The lowest BCUT2D eigenvalue weighted by molar-refractivity contribution is -0.120. The van der Waals surface area contributed by atoms with Crippen LogP contribution in [0.2, 0.25) is 10.2 Å². The zero-order valence-corrected chi connectivity index (χ0v) is 29.4. The summed E-state index contributed by atoms with van der Waals surface area (Å²) >= 11 is 11.9. The zero-order valence-electron chi connectivity index (χ0n) is 27.1. The predicted octanol–water partition coefficient (Wildman–Crippen LogP) is 4.93. The number of pyridine rings is 1. The number of amides is 4. The fourth-order valence-corrected chi connectivity index (χ4v) is 6.86. The summed E-state index contributed by atoms with van der Waals surface area (Å²) in [7, 11) is -1.61. The van der Waals surface area contributed by atoms with Gasteiger partial charge in [-0.05, 0) is 50.8 Å². The molecule has 0 bridgehead atoms. The molecule has 1 aromatic carbocycles. The molecule has 15 nitrogen and oxygen atoms in total. The molecule has 19 heteroatoms. The first kappa shape index (κ1) is 36.8. The van der Waals surface area contributed by atoms with E-state index >= 15 is 0 Å². The summed E-state index contributed by atoms with van der Waals surface area (Å²) in [6.45, 7) is 1.63. The molecule has 0 saturated carbocycles. The summed E-state index contributed by atoms with van der Waals surface area (Å²) in [5, 5.41) is 1.56. The van der Waals surface area contributed by atoms with Gasteiger partial charge < -0.3 is 14.2 Å². The molecule has 6 rings (SSSR count). The highest BCUT2D eigenvalue weighted by Crippen LogP contribution is 2.39. The summed E-state index contributed by atoms with van der Waals surface area (Å²) in [4.78, 5) is 49.8. The van der Waals surface area contributed by atoms with Crippen molar-refractivity contribution in [3.8, 4) is 29.9 Å². The number of anilines is 2. The number of hydrogen-bond acceptors (Lipinski definition) is 11. The van der Waals surface area contributed by atoms with E-state index in [4.69, 9.17) is 43.8 Å². The third-order valence-electron chi connectivity index (χ3n) is 7.42. The lowest BCUT2D eigenvalue weighted by Crippen LogP contribution is -2.35. The first-order chi connectivity index (χ1) is 24.3. The zero-order chi connectivity index (χ0) is 37.0. The molecule has 2 aliphatic rings. The first-order valence-corrected chi connectivity index (χ1v) is 17.2. The van der Waals surface area contributed by atoms with Crippen LogP contribution in [0.1, 0.15) is 32.6 Å². The lowest BCUT2D eigenvalue weighted by Gasteiger charge is -2.19. The summed E-state index contributed by atoms with van der Waals surface area (Å²) < 4.78 is 57.9. The van der Waals surface area contributed by atoms with Crippen LogP contribution in [0.3, 0.4) is 0 Å². The molecule has 4 amide bonds. The molecule has 266 valence electrons. The Kier molecular flexibility index (Phi) is 11.0. The van der Waals surface area contributed by atoms with Crippen molar-refractivity contribution in [2.24, 2.45) is 0 Å². The maximum absolute atomic E-state index is 14.4. The number of fused-ring (bicyclic) bond motifs is 1. The van der Waals surface area contributed by atoms with Crippen LogP contribution in [0.25, 0.3) is 5.65 Å². The second-order valence-corrected chi connectivity index (χ2v) is 13.1. The molecule has 4 aromatic rings. The Bertz CT molecular complexity index is 2190. The average Bonchev–Trinajstić information content (AvgIpc) is 3.58. The van der Waals surface area contributed by atoms with Crippen LogP contribution >= 0.6 is 23.2 Å². The molecule has 1 unspecified atom stereocenters. The second kappa shape index (κ2) is 15.2. The van der Waals surface area contributed by atoms with E-state index in [-0.39, 0.29) is 44.3 Å². The van der Waals surface area contributed by atoms with Gasteiger partial charge in [-0.1, -0.05) is 35.2 Å². The quantitative estimate of drug-likeness (QED) is 0.184. The number of carbonyl (C=O) groups is 3. The van der Waals surface area contributed by atoms with Gasteiger partial charge in [0, 0.05) is 23.4 Å². The second-order valence-electron chi connectivity index (χ2n) is 10.7. The molecule has 1 aliphatic carbocycles. The van der Waals surface area contributed by atoms with Gasteiger partial charge in [0.25, 0.3) is 21.8 Å². The van der Waals surface area contributed by atoms with Gasteiger partial charge in [0.15, 0.2) is 16.3 Å². The van der Waals surface area contributed by atoms with Crippen molar-refractivity contribution in [3.05, 3.63) is 69.7 Å². The highest BCUT2D eigenvalue weighted by molar-refractivity contribution is 7.90. The van der Waals surface area contributed by atoms with E-state index in [2.05, 4.69) is 26.2 Å². The van der Waals surface area contributed by atoms with E-state index in [0.717, 1.165) is 23.8 Å². The van der Waals surface area contributed by atoms with Crippen LogP contribution in [0.5, 0.6) is 17.5 Å². The Labute approximate surface area is 300 Å². The van der Waals surface area contributed by atoms with Crippen molar-refractivity contribution in [3.63, 3.8) is 0 Å². The van der Waals surface area contributed by atoms with Crippen molar-refractivity contribution in [1.82, 2.24) is 24.1 Å². The standard InChI is InChI=1S/C18H15ClFNO3.C14H13ClN6O5S/c1-3-10(2)24-16-9-15(14(20)8-13(16)19)21-17(22)11-6-4-5-7-12(11)18(21)23;1-25-9-7-10(26-2)18-13(17-9)19-14(22)20-27(23,24)12-11(15)16-8-5-3-4-6-21(8)12/h1,8-10H,4-7H2,2H3;3-7H,1-2H3,(H2,17,18,19,20,22). The number of nitrogens with one attached hydrogen (secondary N) is 2. The number of ether oxygens (including phenoxy) is 3. The van der Waals surface area contributed by atoms with Gasteiger partial charge in [-0.2, -0.15) is 18.4 Å². The number of methoxy groups -OCH3 is 2. The SMILES string of the molecule is C#CC(C)Oc1cc(N2C(=O)C3=C(CCCC3)C2=O)c(F)cc1Cl.COc1cc(OC)nc(NC(=O)NS(=O)(=O)c2c(Cl)nc3ccccn23)n1. The number of imidazole rings is 1. The molecule has 0 fully saturated rings. The summed E-state index contributed by atoms with van der Waals surface area (Å²) in [6, 6.07) is 7.39. The summed E-state index contributed by atoms with van der Waals surface area (Å²) in [5.74, 6) is 0.819. The highest BCUT2D eigenvalue weighted by atomic mass is 35.5. The third kappa shape index (κ3) is 7.83. The van der Waals surface area contributed by atoms with Crippen molar-refractivity contribution < 1.29 is 41.4 Å². The minimum absolute atomic E-state index is 0.0233. The largest absolute Gasteiger partial charge is 0.481 e.